The molecule has 3 rings (SSSR count). The zero-order chi connectivity index (χ0) is 20.5. The molecular formula is C21H26N4O3. The second-order valence-electron chi connectivity index (χ2n) is 7.99. The lowest BCUT2D eigenvalue weighted by molar-refractivity contribution is -0.118. The van der Waals surface area contributed by atoms with Crippen LogP contribution in [0.2, 0.25) is 0 Å². The molecule has 0 radical (unpaired) electrons. The fourth-order valence-electron chi connectivity index (χ4n) is 3.24. The minimum atomic E-state index is -0.715. The van der Waals surface area contributed by atoms with Crippen molar-refractivity contribution in [2.75, 3.05) is 11.4 Å². The van der Waals surface area contributed by atoms with E-state index >= 15 is 0 Å². The van der Waals surface area contributed by atoms with Crippen LogP contribution >= 0.6 is 0 Å². The molecule has 1 atom stereocenters. The zero-order valence-corrected chi connectivity index (χ0v) is 16.7. The minimum absolute atomic E-state index is 0.116. The first kappa shape index (κ1) is 19.9. The number of nitrogens with two attached hydrogens (primary N) is 1. The van der Waals surface area contributed by atoms with E-state index in [4.69, 9.17) is 10.5 Å². The van der Waals surface area contributed by atoms with E-state index in [9.17, 15) is 9.59 Å². The molecule has 0 saturated heterocycles. The maximum Gasteiger partial charge on any atom is 0.416 e. The molecule has 1 aliphatic rings. The molecule has 0 aliphatic carbocycles. The highest BCUT2D eigenvalue weighted by Crippen LogP contribution is 2.32. The average Bonchev–Trinajstić information content (AvgIpc) is 2.65. The number of ether oxygens (including phenoxy) is 1. The zero-order valence-electron chi connectivity index (χ0n) is 16.7. The Morgan fingerprint density at radius 1 is 1.29 bits per heavy atom. The molecule has 0 fully saturated rings. The SMILES string of the molecule is CC(=O)C(N)c1ccncc1-c1cnc2c(c1)CCCN2C(=O)OC(C)(C)C. The van der Waals surface area contributed by atoms with Crippen LogP contribution in [0.1, 0.15) is 51.3 Å². The van der Waals surface area contributed by atoms with E-state index in [1.54, 1.807) is 29.6 Å². The number of fused-ring (bicyclic) bond motifs is 1. The monoisotopic (exact) mass is 382 g/mol. The molecule has 0 saturated carbocycles. The van der Waals surface area contributed by atoms with Gasteiger partial charge < -0.3 is 10.5 Å². The predicted molar refractivity (Wildman–Crippen MR) is 107 cm³/mol. The largest absolute Gasteiger partial charge is 0.443 e. The lowest BCUT2D eigenvalue weighted by Gasteiger charge is -2.31. The van der Waals surface area contributed by atoms with Crippen molar-refractivity contribution < 1.29 is 14.3 Å². The first-order valence-electron chi connectivity index (χ1n) is 9.37. The fraction of sp³-hybridized carbons (Fsp3) is 0.429. The third-order valence-electron chi connectivity index (χ3n) is 4.58. The van der Waals surface area contributed by atoms with Crippen molar-refractivity contribution in [1.82, 2.24) is 9.97 Å². The molecule has 7 nitrogen and oxygen atoms in total. The number of anilines is 1. The van der Waals surface area contributed by atoms with Gasteiger partial charge in [0.2, 0.25) is 0 Å². The highest BCUT2D eigenvalue weighted by atomic mass is 16.6. The summed E-state index contributed by atoms with van der Waals surface area (Å²) < 4.78 is 5.51. The van der Waals surface area contributed by atoms with Gasteiger partial charge in [-0.25, -0.2) is 9.78 Å². The third-order valence-corrected chi connectivity index (χ3v) is 4.58. The van der Waals surface area contributed by atoms with E-state index in [1.165, 1.54) is 6.92 Å². The van der Waals surface area contributed by atoms with Crippen LogP contribution < -0.4 is 10.6 Å². The van der Waals surface area contributed by atoms with E-state index in [0.717, 1.165) is 29.5 Å². The van der Waals surface area contributed by atoms with Gasteiger partial charge in [-0.15, -0.1) is 0 Å². The number of carbonyl (C=O) groups excluding carboxylic acids is 2. The predicted octanol–water partition coefficient (Wildman–Crippen LogP) is 3.42. The van der Waals surface area contributed by atoms with Crippen molar-refractivity contribution in [1.29, 1.82) is 0 Å². The number of amides is 1. The molecule has 2 N–H and O–H groups in total. The number of ketones is 1. The first-order valence-corrected chi connectivity index (χ1v) is 9.37. The van der Waals surface area contributed by atoms with Gasteiger partial charge in [0.25, 0.3) is 0 Å². The standard InChI is InChI=1S/C21H26N4O3/c1-13(26)18(22)16-7-8-23-12-17(16)15-10-14-6-5-9-25(19(14)24-11-15)20(27)28-21(2,3)4/h7-8,10-12,18H,5-6,9,22H2,1-4H3. The van der Waals surface area contributed by atoms with E-state index in [1.807, 2.05) is 26.8 Å². The number of hydrogen-bond donors (Lipinski definition) is 1. The van der Waals surface area contributed by atoms with Gasteiger partial charge >= 0.3 is 6.09 Å². The summed E-state index contributed by atoms with van der Waals surface area (Å²) in [6, 6.07) is 3.03. The van der Waals surface area contributed by atoms with Gasteiger partial charge in [0.15, 0.2) is 5.78 Å². The number of carbonyl (C=O) groups is 2. The topological polar surface area (TPSA) is 98.4 Å². The summed E-state index contributed by atoms with van der Waals surface area (Å²) in [6.45, 7) is 7.57. The van der Waals surface area contributed by atoms with Gasteiger partial charge in [-0.2, -0.15) is 0 Å². The molecule has 2 aromatic rings. The Morgan fingerprint density at radius 3 is 2.71 bits per heavy atom. The van der Waals surface area contributed by atoms with Crippen LogP contribution in [-0.2, 0) is 16.0 Å². The summed E-state index contributed by atoms with van der Waals surface area (Å²) >= 11 is 0. The molecule has 7 heteroatoms. The van der Waals surface area contributed by atoms with Crippen LogP contribution in [0.25, 0.3) is 11.1 Å². The quantitative estimate of drug-likeness (QED) is 0.873. The average molecular weight is 382 g/mol. The lowest BCUT2D eigenvalue weighted by atomic mass is 9.94. The number of pyridine rings is 2. The normalized spacial score (nSPS) is 15.0. The molecule has 0 spiro atoms. The number of hydrogen-bond acceptors (Lipinski definition) is 6. The van der Waals surface area contributed by atoms with Crippen LogP contribution in [0.15, 0.2) is 30.7 Å². The maximum absolute atomic E-state index is 12.5. The number of nitrogens with zero attached hydrogens (tertiary/aromatic N) is 3. The lowest BCUT2D eigenvalue weighted by Crippen LogP contribution is -2.40. The molecule has 148 valence electrons. The summed E-state index contributed by atoms with van der Waals surface area (Å²) in [4.78, 5) is 34.6. The molecule has 2 aromatic heterocycles. The van der Waals surface area contributed by atoms with Crippen molar-refractivity contribution in [3.63, 3.8) is 0 Å². The van der Waals surface area contributed by atoms with Crippen LogP contribution in [0, 0.1) is 0 Å². The fourth-order valence-corrected chi connectivity index (χ4v) is 3.24. The highest BCUT2D eigenvalue weighted by Gasteiger charge is 2.29. The Hall–Kier alpha value is -2.80. The maximum atomic E-state index is 12.5. The summed E-state index contributed by atoms with van der Waals surface area (Å²) in [7, 11) is 0. The first-order chi connectivity index (χ1) is 13.2. The summed E-state index contributed by atoms with van der Waals surface area (Å²) in [6.07, 6.45) is 6.24. The Balaban J connectivity index is 1.97. The number of aromatic nitrogens is 2. The highest BCUT2D eigenvalue weighted by molar-refractivity contribution is 5.89. The van der Waals surface area contributed by atoms with Crippen LogP contribution in [0.3, 0.4) is 0 Å². The number of Topliss-reactive ketones (excluding diaryl/α,β-unsaturated/α-hetero) is 1. The van der Waals surface area contributed by atoms with Crippen LogP contribution in [0.4, 0.5) is 10.6 Å². The molecule has 0 aromatic carbocycles. The van der Waals surface area contributed by atoms with Crippen LogP contribution in [0.5, 0.6) is 0 Å². The molecule has 28 heavy (non-hydrogen) atoms. The summed E-state index contributed by atoms with van der Waals surface area (Å²) in [5, 5.41) is 0. The van der Waals surface area contributed by atoms with Crippen molar-refractivity contribution in [2.24, 2.45) is 5.73 Å². The smallest absolute Gasteiger partial charge is 0.416 e. The van der Waals surface area contributed by atoms with E-state index < -0.39 is 17.7 Å². The van der Waals surface area contributed by atoms with Crippen LogP contribution in [-0.4, -0.2) is 34.0 Å². The minimum Gasteiger partial charge on any atom is -0.443 e. The Morgan fingerprint density at radius 2 is 2.04 bits per heavy atom. The van der Waals surface area contributed by atoms with Gasteiger partial charge in [0.05, 0.1) is 6.04 Å². The van der Waals surface area contributed by atoms with E-state index in [2.05, 4.69) is 9.97 Å². The Bertz CT molecular complexity index is 905. The molecule has 1 unspecified atom stereocenters. The van der Waals surface area contributed by atoms with Crippen molar-refractivity contribution in [3.05, 3.63) is 41.9 Å². The molecule has 0 bridgehead atoms. The van der Waals surface area contributed by atoms with Crippen molar-refractivity contribution >= 4 is 17.7 Å². The van der Waals surface area contributed by atoms with Gasteiger partial charge in [-0.05, 0) is 63.8 Å². The number of aryl methyl sites for hydroxylation is 1. The third kappa shape index (κ3) is 4.20. The summed E-state index contributed by atoms with van der Waals surface area (Å²) in [5.41, 5.74) is 8.77. The van der Waals surface area contributed by atoms with Gasteiger partial charge in [0, 0.05) is 36.3 Å². The van der Waals surface area contributed by atoms with E-state index in [0.29, 0.717) is 17.9 Å². The van der Waals surface area contributed by atoms with Gasteiger partial charge in [-0.3, -0.25) is 14.7 Å². The van der Waals surface area contributed by atoms with E-state index in [-0.39, 0.29) is 5.78 Å². The number of rotatable bonds is 3. The van der Waals surface area contributed by atoms with Gasteiger partial charge in [0.1, 0.15) is 11.4 Å². The van der Waals surface area contributed by atoms with Crippen molar-refractivity contribution in [2.45, 2.75) is 52.2 Å². The summed E-state index contributed by atoms with van der Waals surface area (Å²) in [5.74, 6) is 0.500. The molecule has 3 heterocycles. The van der Waals surface area contributed by atoms with Crippen molar-refractivity contribution in [3.8, 4) is 11.1 Å². The Labute approximate surface area is 164 Å². The molecule has 1 amide bonds. The molecular weight excluding hydrogens is 356 g/mol. The van der Waals surface area contributed by atoms with Gasteiger partial charge in [-0.1, -0.05) is 0 Å². The molecule has 1 aliphatic heterocycles. The Kier molecular flexibility index (Phi) is 5.47. The second-order valence-corrected chi connectivity index (χ2v) is 7.99. The second kappa shape index (κ2) is 7.67.